The van der Waals surface area contributed by atoms with Crippen LogP contribution in [0.3, 0.4) is 0 Å². The second-order valence-corrected chi connectivity index (χ2v) is 3.48. The highest BCUT2D eigenvalue weighted by molar-refractivity contribution is 5.55. The molecule has 0 bridgehead atoms. The van der Waals surface area contributed by atoms with Gasteiger partial charge >= 0.3 is 0 Å². The zero-order valence-corrected chi connectivity index (χ0v) is 9.08. The van der Waals surface area contributed by atoms with Gasteiger partial charge in [0.05, 0.1) is 13.2 Å². The van der Waals surface area contributed by atoms with Gasteiger partial charge in [-0.1, -0.05) is 0 Å². The first-order chi connectivity index (χ1) is 8.17. The summed E-state index contributed by atoms with van der Waals surface area (Å²) in [6.07, 6.45) is -2.82. The Labute approximate surface area is 97.6 Å². The highest BCUT2D eigenvalue weighted by Gasteiger charge is 2.25. The van der Waals surface area contributed by atoms with E-state index in [1.54, 1.807) is 6.07 Å². The molecule has 0 saturated heterocycles. The van der Waals surface area contributed by atoms with Gasteiger partial charge in [-0.05, 0) is 17.7 Å². The number of hydrogen-bond acceptors (Lipinski definition) is 6. The smallest absolute Gasteiger partial charge is 0.231 e. The number of nitrogens with zero attached hydrogens (tertiary/aromatic N) is 1. The molecule has 1 aromatic carbocycles. The minimum Gasteiger partial charge on any atom is -0.493 e. The third-order valence-corrected chi connectivity index (χ3v) is 2.45. The Balaban J connectivity index is 2.40. The molecule has 1 aliphatic rings. The summed E-state index contributed by atoms with van der Waals surface area (Å²) in [5.74, 6) is 1.26. The fourth-order valence-electron chi connectivity index (χ4n) is 1.57. The van der Waals surface area contributed by atoms with Gasteiger partial charge in [-0.2, -0.15) is 5.26 Å². The Hall–Kier alpha value is -1.97. The van der Waals surface area contributed by atoms with Crippen molar-refractivity contribution in [3.63, 3.8) is 0 Å². The van der Waals surface area contributed by atoms with Crippen LogP contribution in [0.5, 0.6) is 17.2 Å². The number of fused-ring (bicyclic) bond motifs is 1. The molecule has 6 nitrogen and oxygen atoms in total. The van der Waals surface area contributed by atoms with Gasteiger partial charge in [-0.3, -0.25) is 0 Å². The summed E-state index contributed by atoms with van der Waals surface area (Å²) in [7, 11) is 1.45. The Bertz CT molecular complexity index is 468. The zero-order valence-electron chi connectivity index (χ0n) is 9.08. The third kappa shape index (κ3) is 1.98. The normalized spacial score (nSPS) is 16.1. The Kier molecular flexibility index (Phi) is 3.04. The highest BCUT2D eigenvalue weighted by Crippen LogP contribution is 2.43. The van der Waals surface area contributed by atoms with Crippen molar-refractivity contribution in [2.45, 2.75) is 12.2 Å². The SMILES string of the molecule is COc1cc(C(O)C(O)C#N)cc2c1OCO2. The first-order valence-corrected chi connectivity index (χ1v) is 4.90. The molecule has 0 fully saturated rings. The average Bonchev–Trinajstić information content (AvgIpc) is 2.83. The average molecular weight is 237 g/mol. The largest absolute Gasteiger partial charge is 0.493 e. The minimum absolute atomic E-state index is 0.0754. The number of methoxy groups -OCH3 is 1. The van der Waals surface area contributed by atoms with Crippen LogP contribution in [0.15, 0.2) is 12.1 Å². The van der Waals surface area contributed by atoms with E-state index in [1.165, 1.54) is 19.2 Å². The molecule has 6 heteroatoms. The predicted octanol–water partition coefficient (Wildman–Crippen LogP) is 0.342. The van der Waals surface area contributed by atoms with Gasteiger partial charge in [0, 0.05) is 0 Å². The van der Waals surface area contributed by atoms with Crippen LogP contribution in [0, 0.1) is 11.3 Å². The van der Waals surface area contributed by atoms with E-state index >= 15 is 0 Å². The summed E-state index contributed by atoms with van der Waals surface area (Å²) in [6.45, 7) is 0.0754. The lowest BCUT2D eigenvalue weighted by molar-refractivity contribution is 0.0525. The third-order valence-electron chi connectivity index (χ3n) is 2.45. The van der Waals surface area contributed by atoms with Crippen LogP contribution >= 0.6 is 0 Å². The molecular formula is C11H11NO5. The van der Waals surface area contributed by atoms with Crippen LogP contribution in [0.2, 0.25) is 0 Å². The zero-order chi connectivity index (χ0) is 12.4. The maximum atomic E-state index is 9.72. The molecule has 2 rings (SSSR count). The molecule has 17 heavy (non-hydrogen) atoms. The topological polar surface area (TPSA) is 91.9 Å². The van der Waals surface area contributed by atoms with Crippen molar-refractivity contribution in [3.05, 3.63) is 17.7 Å². The van der Waals surface area contributed by atoms with E-state index in [1.807, 2.05) is 0 Å². The number of ether oxygens (including phenoxy) is 3. The second-order valence-electron chi connectivity index (χ2n) is 3.48. The van der Waals surface area contributed by atoms with Crippen LogP contribution in [-0.4, -0.2) is 30.2 Å². The number of aliphatic hydroxyl groups is 2. The molecular weight excluding hydrogens is 226 g/mol. The van der Waals surface area contributed by atoms with Gasteiger partial charge < -0.3 is 24.4 Å². The molecule has 0 amide bonds. The lowest BCUT2D eigenvalue weighted by atomic mass is 10.0. The highest BCUT2D eigenvalue weighted by atomic mass is 16.7. The van der Waals surface area contributed by atoms with Gasteiger partial charge in [0.1, 0.15) is 6.10 Å². The van der Waals surface area contributed by atoms with Gasteiger partial charge in [0.2, 0.25) is 12.5 Å². The van der Waals surface area contributed by atoms with Crippen LogP contribution in [-0.2, 0) is 0 Å². The van der Waals surface area contributed by atoms with Gasteiger partial charge in [-0.25, -0.2) is 0 Å². The standard InChI is InChI=1S/C11H11NO5/c1-15-8-2-6(10(14)7(13)4-12)3-9-11(8)17-5-16-9/h2-3,7,10,13-14H,5H2,1H3. The molecule has 90 valence electrons. The fourth-order valence-corrected chi connectivity index (χ4v) is 1.57. The Morgan fingerprint density at radius 2 is 2.18 bits per heavy atom. The summed E-state index contributed by atoms with van der Waals surface area (Å²) in [5, 5.41) is 27.5. The van der Waals surface area contributed by atoms with Crippen molar-refractivity contribution < 1.29 is 24.4 Å². The lowest BCUT2D eigenvalue weighted by Gasteiger charge is -2.14. The summed E-state index contributed by atoms with van der Waals surface area (Å²) in [5.41, 5.74) is 0.333. The van der Waals surface area contributed by atoms with Crippen molar-refractivity contribution in [3.8, 4) is 23.3 Å². The monoisotopic (exact) mass is 237 g/mol. The molecule has 1 heterocycles. The quantitative estimate of drug-likeness (QED) is 0.736. The van der Waals surface area contributed by atoms with Crippen LogP contribution < -0.4 is 14.2 Å². The number of benzene rings is 1. The first kappa shape index (κ1) is 11.5. The summed E-state index contributed by atoms with van der Waals surface area (Å²) in [6, 6.07) is 4.57. The number of hydrogen-bond donors (Lipinski definition) is 2. The van der Waals surface area contributed by atoms with Gasteiger partial charge in [-0.15, -0.1) is 0 Å². The van der Waals surface area contributed by atoms with Crippen LogP contribution in [0.4, 0.5) is 0 Å². The maximum Gasteiger partial charge on any atom is 0.231 e. The van der Waals surface area contributed by atoms with E-state index in [9.17, 15) is 10.2 Å². The molecule has 2 N–H and O–H groups in total. The molecule has 1 aliphatic heterocycles. The number of nitriles is 1. The van der Waals surface area contributed by atoms with Crippen LogP contribution in [0.1, 0.15) is 11.7 Å². The Morgan fingerprint density at radius 1 is 1.41 bits per heavy atom. The molecule has 0 aromatic heterocycles. The fraction of sp³-hybridized carbons (Fsp3) is 0.364. The van der Waals surface area contributed by atoms with E-state index in [0.717, 1.165) is 0 Å². The van der Waals surface area contributed by atoms with Crippen molar-refractivity contribution in [2.24, 2.45) is 0 Å². The second kappa shape index (κ2) is 4.49. The van der Waals surface area contributed by atoms with Crippen molar-refractivity contribution >= 4 is 0 Å². The minimum atomic E-state index is -1.50. The maximum absolute atomic E-state index is 9.72. The number of rotatable bonds is 3. The van der Waals surface area contributed by atoms with Crippen LogP contribution in [0.25, 0.3) is 0 Å². The van der Waals surface area contributed by atoms with E-state index in [-0.39, 0.29) is 6.79 Å². The Morgan fingerprint density at radius 3 is 2.82 bits per heavy atom. The predicted molar refractivity (Wildman–Crippen MR) is 55.7 cm³/mol. The van der Waals surface area contributed by atoms with Gasteiger partial charge in [0.25, 0.3) is 0 Å². The van der Waals surface area contributed by atoms with Crippen molar-refractivity contribution in [1.82, 2.24) is 0 Å². The van der Waals surface area contributed by atoms with E-state index in [4.69, 9.17) is 19.5 Å². The summed E-state index contributed by atoms with van der Waals surface area (Å²) in [4.78, 5) is 0. The van der Waals surface area contributed by atoms with E-state index in [0.29, 0.717) is 22.8 Å². The van der Waals surface area contributed by atoms with E-state index in [2.05, 4.69) is 0 Å². The molecule has 0 saturated carbocycles. The lowest BCUT2D eigenvalue weighted by Crippen LogP contribution is -2.15. The van der Waals surface area contributed by atoms with Gasteiger partial charge in [0.15, 0.2) is 17.6 Å². The first-order valence-electron chi connectivity index (χ1n) is 4.90. The van der Waals surface area contributed by atoms with E-state index < -0.39 is 12.2 Å². The molecule has 0 aliphatic carbocycles. The molecule has 0 spiro atoms. The molecule has 2 unspecified atom stereocenters. The molecule has 0 radical (unpaired) electrons. The van der Waals surface area contributed by atoms with Crippen molar-refractivity contribution in [1.29, 1.82) is 5.26 Å². The number of aliphatic hydroxyl groups excluding tert-OH is 2. The molecule has 1 aromatic rings. The summed E-state index contributed by atoms with van der Waals surface area (Å²) >= 11 is 0. The van der Waals surface area contributed by atoms with Crippen molar-refractivity contribution in [2.75, 3.05) is 13.9 Å². The summed E-state index contributed by atoms with van der Waals surface area (Å²) < 4.78 is 15.4. The molecule has 2 atom stereocenters.